The molecule has 7 heteroatoms. The first-order valence-electron chi connectivity index (χ1n) is 9.64. The molecule has 0 radical (unpaired) electrons. The normalized spacial score (nSPS) is 10.6. The van der Waals surface area contributed by atoms with Crippen LogP contribution in [-0.2, 0) is 16.1 Å². The van der Waals surface area contributed by atoms with E-state index in [9.17, 15) is 9.59 Å². The summed E-state index contributed by atoms with van der Waals surface area (Å²) in [6.07, 6.45) is 2.10. The first-order chi connectivity index (χ1) is 14.1. The zero-order chi connectivity index (χ0) is 20.9. The number of carbonyl (C=O) groups excluding carboxylic acids is 2. The summed E-state index contributed by atoms with van der Waals surface area (Å²) in [6, 6.07) is 14.9. The van der Waals surface area contributed by atoms with Crippen LogP contribution in [0.15, 0.2) is 53.6 Å². The number of hydrogen-bond acceptors (Lipinski definition) is 5. The smallest absolute Gasteiger partial charge is 0.249 e. The van der Waals surface area contributed by atoms with E-state index in [0.717, 1.165) is 17.5 Å². The molecule has 0 saturated heterocycles. The molecule has 2 aromatic rings. The third kappa shape index (κ3) is 8.04. The zero-order valence-electron chi connectivity index (χ0n) is 16.8. The molecule has 0 aliphatic carbocycles. The molecule has 0 unspecified atom stereocenters. The topological polar surface area (TPSA) is 89.0 Å². The molecule has 0 aliphatic heterocycles. The van der Waals surface area contributed by atoms with Crippen LogP contribution >= 0.6 is 0 Å². The van der Waals surface area contributed by atoms with Crippen molar-refractivity contribution in [3.63, 3.8) is 0 Å². The molecular weight excluding hydrogens is 370 g/mol. The van der Waals surface area contributed by atoms with Crippen molar-refractivity contribution in [1.29, 1.82) is 0 Å². The second kappa shape index (κ2) is 12.2. The van der Waals surface area contributed by atoms with E-state index >= 15 is 0 Å². The molecule has 29 heavy (non-hydrogen) atoms. The Hall–Kier alpha value is -3.35. The average Bonchev–Trinajstić information content (AvgIpc) is 2.72. The van der Waals surface area contributed by atoms with Crippen LogP contribution in [0.3, 0.4) is 0 Å². The van der Waals surface area contributed by atoms with Gasteiger partial charge in [-0.05, 0) is 42.7 Å². The molecule has 0 heterocycles. The van der Waals surface area contributed by atoms with Gasteiger partial charge in [-0.25, -0.2) is 5.43 Å². The molecule has 2 aromatic carbocycles. The van der Waals surface area contributed by atoms with Crippen LogP contribution in [0.2, 0.25) is 0 Å². The van der Waals surface area contributed by atoms with Gasteiger partial charge in [0.1, 0.15) is 6.42 Å². The lowest BCUT2D eigenvalue weighted by Crippen LogP contribution is -2.29. The molecule has 0 fully saturated rings. The van der Waals surface area contributed by atoms with Gasteiger partial charge in [-0.15, -0.1) is 0 Å². The Morgan fingerprint density at radius 3 is 2.52 bits per heavy atom. The molecule has 0 aromatic heterocycles. The molecule has 2 N–H and O–H groups in total. The van der Waals surface area contributed by atoms with Gasteiger partial charge in [0.2, 0.25) is 11.8 Å². The highest BCUT2D eigenvalue weighted by Crippen LogP contribution is 2.28. The standard InChI is InChI=1S/C22H27N3O4/c1-3-12-29-19-11-10-18(13-20(19)28-4-2)16-24-25-22(27)14-21(26)23-15-17-8-6-5-7-9-17/h5-11,13,16H,3-4,12,14-15H2,1-2H3,(H,23,26)(H,25,27). The zero-order valence-corrected chi connectivity index (χ0v) is 16.8. The maximum atomic E-state index is 11.9. The number of nitrogens with zero attached hydrogens (tertiary/aromatic N) is 1. The van der Waals surface area contributed by atoms with Gasteiger partial charge >= 0.3 is 0 Å². The highest BCUT2D eigenvalue weighted by Gasteiger charge is 2.09. The minimum absolute atomic E-state index is 0.293. The Balaban J connectivity index is 1.82. The summed E-state index contributed by atoms with van der Waals surface area (Å²) in [5, 5.41) is 6.61. The Labute approximate surface area is 171 Å². The second-order valence-corrected chi connectivity index (χ2v) is 6.22. The Morgan fingerprint density at radius 1 is 1.00 bits per heavy atom. The van der Waals surface area contributed by atoms with Crippen molar-refractivity contribution in [2.45, 2.75) is 33.2 Å². The van der Waals surface area contributed by atoms with Gasteiger partial charge in [-0.2, -0.15) is 5.10 Å². The van der Waals surface area contributed by atoms with Crippen LogP contribution in [0.4, 0.5) is 0 Å². The van der Waals surface area contributed by atoms with E-state index in [4.69, 9.17) is 9.47 Å². The van der Waals surface area contributed by atoms with E-state index < -0.39 is 5.91 Å². The van der Waals surface area contributed by atoms with Gasteiger partial charge in [-0.3, -0.25) is 9.59 Å². The number of ether oxygens (including phenoxy) is 2. The molecule has 0 atom stereocenters. The molecule has 2 rings (SSSR count). The fraction of sp³-hybridized carbons (Fsp3) is 0.318. The fourth-order valence-corrected chi connectivity index (χ4v) is 2.43. The molecule has 0 bridgehead atoms. The lowest BCUT2D eigenvalue weighted by atomic mass is 10.2. The van der Waals surface area contributed by atoms with E-state index in [1.807, 2.05) is 50.2 Å². The fourth-order valence-electron chi connectivity index (χ4n) is 2.43. The van der Waals surface area contributed by atoms with Gasteiger partial charge in [0.25, 0.3) is 0 Å². The number of rotatable bonds is 11. The predicted octanol–water partition coefficient (Wildman–Crippen LogP) is 3.03. The van der Waals surface area contributed by atoms with E-state index in [1.54, 1.807) is 12.1 Å². The lowest BCUT2D eigenvalue weighted by molar-refractivity contribution is -0.129. The molecule has 2 amide bonds. The van der Waals surface area contributed by atoms with Crippen molar-refractivity contribution in [3.8, 4) is 11.5 Å². The van der Waals surface area contributed by atoms with Crippen LogP contribution in [0.25, 0.3) is 0 Å². The minimum Gasteiger partial charge on any atom is -0.490 e. The Morgan fingerprint density at radius 2 is 1.79 bits per heavy atom. The Bertz CT molecular complexity index is 822. The minimum atomic E-state index is -0.486. The highest BCUT2D eigenvalue weighted by atomic mass is 16.5. The third-order valence-electron chi connectivity index (χ3n) is 3.79. The van der Waals surface area contributed by atoms with Crippen molar-refractivity contribution in [3.05, 3.63) is 59.7 Å². The summed E-state index contributed by atoms with van der Waals surface area (Å²) in [4.78, 5) is 23.7. The van der Waals surface area contributed by atoms with Gasteiger partial charge < -0.3 is 14.8 Å². The van der Waals surface area contributed by atoms with Gasteiger partial charge in [0.15, 0.2) is 11.5 Å². The van der Waals surface area contributed by atoms with Crippen molar-refractivity contribution in [2.75, 3.05) is 13.2 Å². The molecule has 154 valence electrons. The maximum Gasteiger partial charge on any atom is 0.249 e. The SMILES string of the molecule is CCCOc1ccc(C=NNC(=O)CC(=O)NCc2ccccc2)cc1OCC. The van der Waals surface area contributed by atoms with Crippen LogP contribution in [0.1, 0.15) is 37.8 Å². The number of amides is 2. The van der Waals surface area contributed by atoms with Crippen molar-refractivity contribution >= 4 is 18.0 Å². The van der Waals surface area contributed by atoms with E-state index in [-0.39, 0.29) is 12.3 Å². The van der Waals surface area contributed by atoms with Gasteiger partial charge in [0.05, 0.1) is 19.4 Å². The first-order valence-corrected chi connectivity index (χ1v) is 9.64. The van der Waals surface area contributed by atoms with Gasteiger partial charge in [-0.1, -0.05) is 37.3 Å². The van der Waals surface area contributed by atoms with Crippen LogP contribution in [-0.4, -0.2) is 31.2 Å². The van der Waals surface area contributed by atoms with Crippen molar-refractivity contribution in [1.82, 2.24) is 10.7 Å². The summed E-state index contributed by atoms with van der Waals surface area (Å²) in [6.45, 7) is 5.43. The van der Waals surface area contributed by atoms with Crippen molar-refractivity contribution < 1.29 is 19.1 Å². The summed E-state index contributed by atoms with van der Waals surface area (Å²) < 4.78 is 11.2. The van der Waals surface area contributed by atoms with E-state index in [0.29, 0.717) is 31.3 Å². The van der Waals surface area contributed by atoms with E-state index in [1.165, 1.54) is 6.21 Å². The summed E-state index contributed by atoms with van der Waals surface area (Å²) in [7, 11) is 0. The average molecular weight is 397 g/mol. The molecule has 7 nitrogen and oxygen atoms in total. The molecule has 0 spiro atoms. The first kappa shape index (κ1) is 21.9. The summed E-state index contributed by atoms with van der Waals surface area (Å²) in [5.41, 5.74) is 4.07. The van der Waals surface area contributed by atoms with E-state index in [2.05, 4.69) is 15.8 Å². The summed E-state index contributed by atoms with van der Waals surface area (Å²) in [5.74, 6) is 0.443. The predicted molar refractivity (Wildman–Crippen MR) is 112 cm³/mol. The highest BCUT2D eigenvalue weighted by molar-refractivity contribution is 5.97. The Kier molecular flexibility index (Phi) is 9.21. The van der Waals surface area contributed by atoms with Crippen LogP contribution < -0.4 is 20.2 Å². The monoisotopic (exact) mass is 397 g/mol. The third-order valence-corrected chi connectivity index (χ3v) is 3.79. The lowest BCUT2D eigenvalue weighted by Gasteiger charge is -2.11. The summed E-state index contributed by atoms with van der Waals surface area (Å²) >= 11 is 0. The van der Waals surface area contributed by atoms with Crippen LogP contribution in [0.5, 0.6) is 11.5 Å². The second-order valence-electron chi connectivity index (χ2n) is 6.22. The van der Waals surface area contributed by atoms with Crippen molar-refractivity contribution in [2.24, 2.45) is 5.10 Å². The molecule has 0 aliphatic rings. The molecular formula is C22H27N3O4. The number of carbonyl (C=O) groups is 2. The quantitative estimate of drug-likeness (QED) is 0.347. The number of benzene rings is 2. The maximum absolute atomic E-state index is 11.9. The largest absolute Gasteiger partial charge is 0.490 e. The number of hydrogen-bond donors (Lipinski definition) is 2. The van der Waals surface area contributed by atoms with Gasteiger partial charge in [0, 0.05) is 6.54 Å². The number of nitrogens with one attached hydrogen (secondary N) is 2. The van der Waals surface area contributed by atoms with Crippen LogP contribution in [0, 0.1) is 0 Å². The molecule has 0 saturated carbocycles. The number of hydrazone groups is 1.